The molecular formula is C19H23N3O2. The lowest BCUT2D eigenvalue weighted by molar-refractivity contribution is 0.237. The van der Waals surface area contributed by atoms with E-state index in [-0.39, 0.29) is 0 Å². The molecule has 0 amide bonds. The second-order valence-corrected chi connectivity index (χ2v) is 6.59. The maximum Gasteiger partial charge on any atom is 0.165 e. The largest absolute Gasteiger partial charge is 0.493 e. The molecule has 4 rings (SSSR count). The summed E-state index contributed by atoms with van der Waals surface area (Å²) in [5, 5.41) is 0. The Morgan fingerprint density at radius 3 is 2.83 bits per heavy atom. The Hall–Kier alpha value is -2.14. The van der Waals surface area contributed by atoms with Gasteiger partial charge < -0.3 is 9.47 Å². The van der Waals surface area contributed by atoms with Gasteiger partial charge in [0.25, 0.3) is 0 Å². The van der Waals surface area contributed by atoms with Gasteiger partial charge in [0.1, 0.15) is 5.82 Å². The smallest absolute Gasteiger partial charge is 0.165 e. The molecule has 5 nitrogen and oxygen atoms in total. The van der Waals surface area contributed by atoms with Crippen molar-refractivity contribution in [2.45, 2.75) is 38.3 Å². The highest BCUT2D eigenvalue weighted by Gasteiger charge is 2.28. The quantitative estimate of drug-likeness (QED) is 0.846. The fraction of sp³-hybridized carbons (Fsp3) is 0.474. The summed E-state index contributed by atoms with van der Waals surface area (Å²) in [4.78, 5) is 11.8. The maximum atomic E-state index is 5.55. The molecule has 2 aromatic rings. The molecular weight excluding hydrogens is 302 g/mol. The van der Waals surface area contributed by atoms with Crippen molar-refractivity contribution in [3.8, 4) is 11.5 Å². The Labute approximate surface area is 142 Å². The Kier molecular flexibility index (Phi) is 4.10. The lowest BCUT2D eigenvalue weighted by Crippen LogP contribution is -2.31. The zero-order valence-electron chi connectivity index (χ0n) is 14.3. The molecule has 0 N–H and O–H groups in total. The molecule has 1 aliphatic heterocycles. The average molecular weight is 325 g/mol. The third-order valence-corrected chi connectivity index (χ3v) is 4.85. The number of methoxy groups -OCH3 is 2. The summed E-state index contributed by atoms with van der Waals surface area (Å²) in [6.45, 7) is 2.74. The van der Waals surface area contributed by atoms with E-state index in [0.717, 1.165) is 48.9 Å². The second kappa shape index (κ2) is 6.40. The SMILES string of the molecule is COc1cccc(CN2CCc3nc(C4CC4)ncc3C2)c1OC. The highest BCUT2D eigenvalue weighted by atomic mass is 16.5. The average Bonchev–Trinajstić information content (AvgIpc) is 3.46. The van der Waals surface area contributed by atoms with Gasteiger partial charge in [-0.25, -0.2) is 9.97 Å². The number of ether oxygens (including phenoxy) is 2. The monoisotopic (exact) mass is 325 g/mol. The third kappa shape index (κ3) is 2.96. The molecule has 2 aliphatic rings. The first-order valence-corrected chi connectivity index (χ1v) is 8.55. The van der Waals surface area contributed by atoms with E-state index in [1.54, 1.807) is 14.2 Å². The van der Waals surface area contributed by atoms with Crippen LogP contribution in [0.2, 0.25) is 0 Å². The highest BCUT2D eigenvalue weighted by molar-refractivity contribution is 5.46. The number of fused-ring (bicyclic) bond motifs is 1. The summed E-state index contributed by atoms with van der Waals surface area (Å²) in [7, 11) is 3.37. The van der Waals surface area contributed by atoms with Crippen LogP contribution in [0.15, 0.2) is 24.4 Å². The molecule has 1 fully saturated rings. The van der Waals surface area contributed by atoms with Crippen LogP contribution in [0.5, 0.6) is 11.5 Å². The molecule has 0 saturated heterocycles. The van der Waals surface area contributed by atoms with E-state index >= 15 is 0 Å². The first kappa shape index (κ1) is 15.4. The van der Waals surface area contributed by atoms with Crippen molar-refractivity contribution in [2.24, 2.45) is 0 Å². The Bertz CT molecular complexity index is 743. The van der Waals surface area contributed by atoms with Gasteiger partial charge in [0, 0.05) is 55.0 Å². The van der Waals surface area contributed by atoms with Crippen LogP contribution in [0.1, 0.15) is 41.4 Å². The predicted octanol–water partition coefficient (Wildman–Crippen LogP) is 2.93. The van der Waals surface area contributed by atoms with E-state index in [1.807, 2.05) is 18.3 Å². The lowest BCUT2D eigenvalue weighted by atomic mass is 10.1. The molecule has 5 heteroatoms. The van der Waals surface area contributed by atoms with E-state index in [0.29, 0.717) is 5.92 Å². The summed E-state index contributed by atoms with van der Waals surface area (Å²) in [5.41, 5.74) is 3.64. The fourth-order valence-corrected chi connectivity index (χ4v) is 3.38. The van der Waals surface area contributed by atoms with Gasteiger partial charge in [-0.05, 0) is 18.9 Å². The molecule has 2 heterocycles. The number of hydrogen-bond acceptors (Lipinski definition) is 5. The number of rotatable bonds is 5. The first-order chi connectivity index (χ1) is 11.8. The van der Waals surface area contributed by atoms with Gasteiger partial charge in [-0.1, -0.05) is 12.1 Å². The minimum absolute atomic E-state index is 0.620. The van der Waals surface area contributed by atoms with E-state index in [4.69, 9.17) is 14.5 Å². The number of hydrogen-bond donors (Lipinski definition) is 0. The third-order valence-electron chi connectivity index (χ3n) is 4.85. The van der Waals surface area contributed by atoms with Crippen molar-refractivity contribution in [2.75, 3.05) is 20.8 Å². The highest BCUT2D eigenvalue weighted by Crippen LogP contribution is 2.38. The van der Waals surface area contributed by atoms with E-state index in [1.165, 1.54) is 24.1 Å². The van der Waals surface area contributed by atoms with Crippen LogP contribution in [0, 0.1) is 0 Å². The second-order valence-electron chi connectivity index (χ2n) is 6.59. The first-order valence-electron chi connectivity index (χ1n) is 8.55. The summed E-state index contributed by atoms with van der Waals surface area (Å²) < 4.78 is 11.0. The zero-order chi connectivity index (χ0) is 16.5. The normalized spacial score (nSPS) is 17.4. The van der Waals surface area contributed by atoms with Crippen LogP contribution in [0.25, 0.3) is 0 Å². The molecule has 0 unspecified atom stereocenters. The molecule has 0 radical (unpaired) electrons. The van der Waals surface area contributed by atoms with Gasteiger partial charge in [0.2, 0.25) is 0 Å². The van der Waals surface area contributed by atoms with E-state index in [9.17, 15) is 0 Å². The van der Waals surface area contributed by atoms with Crippen molar-refractivity contribution in [3.63, 3.8) is 0 Å². The van der Waals surface area contributed by atoms with E-state index < -0.39 is 0 Å². The Morgan fingerprint density at radius 2 is 2.08 bits per heavy atom. The lowest BCUT2D eigenvalue weighted by Gasteiger charge is -2.28. The van der Waals surface area contributed by atoms with Crippen molar-refractivity contribution in [1.82, 2.24) is 14.9 Å². The van der Waals surface area contributed by atoms with Crippen molar-refractivity contribution < 1.29 is 9.47 Å². The van der Waals surface area contributed by atoms with Gasteiger partial charge in [-0.3, -0.25) is 4.90 Å². The van der Waals surface area contributed by atoms with Crippen molar-refractivity contribution in [1.29, 1.82) is 0 Å². The van der Waals surface area contributed by atoms with Gasteiger partial charge in [-0.15, -0.1) is 0 Å². The van der Waals surface area contributed by atoms with Crippen LogP contribution >= 0.6 is 0 Å². The van der Waals surface area contributed by atoms with Crippen LogP contribution < -0.4 is 9.47 Å². The molecule has 0 spiro atoms. The molecule has 0 bridgehead atoms. The molecule has 1 aliphatic carbocycles. The topological polar surface area (TPSA) is 47.5 Å². The van der Waals surface area contributed by atoms with Gasteiger partial charge >= 0.3 is 0 Å². The molecule has 1 saturated carbocycles. The van der Waals surface area contributed by atoms with Gasteiger partial charge in [-0.2, -0.15) is 0 Å². The summed E-state index contributed by atoms with van der Waals surface area (Å²) in [5.74, 6) is 3.28. The molecule has 1 aromatic heterocycles. The fourth-order valence-electron chi connectivity index (χ4n) is 3.38. The predicted molar refractivity (Wildman–Crippen MR) is 91.4 cm³/mol. The molecule has 24 heavy (non-hydrogen) atoms. The minimum atomic E-state index is 0.620. The number of aromatic nitrogens is 2. The van der Waals surface area contributed by atoms with Gasteiger partial charge in [0.05, 0.1) is 14.2 Å². The molecule has 1 aromatic carbocycles. The van der Waals surface area contributed by atoms with Crippen LogP contribution in [-0.4, -0.2) is 35.6 Å². The number of para-hydroxylation sites is 1. The maximum absolute atomic E-state index is 5.55. The standard InChI is InChI=1S/C19H23N3O2/c1-23-17-5-3-4-14(18(17)24-2)11-22-9-8-16-15(12-22)10-20-19(21-16)13-6-7-13/h3-5,10,13H,6-9,11-12H2,1-2H3. The number of benzene rings is 1. The minimum Gasteiger partial charge on any atom is -0.493 e. The van der Waals surface area contributed by atoms with E-state index in [2.05, 4.69) is 16.0 Å². The van der Waals surface area contributed by atoms with Gasteiger partial charge in [0.15, 0.2) is 11.5 Å². The van der Waals surface area contributed by atoms with Crippen LogP contribution in [0.4, 0.5) is 0 Å². The molecule has 0 atom stereocenters. The summed E-state index contributed by atoms with van der Waals surface area (Å²) >= 11 is 0. The van der Waals surface area contributed by atoms with Crippen LogP contribution in [-0.2, 0) is 19.5 Å². The van der Waals surface area contributed by atoms with Crippen LogP contribution in [0.3, 0.4) is 0 Å². The summed E-state index contributed by atoms with van der Waals surface area (Å²) in [6.07, 6.45) is 5.52. The Morgan fingerprint density at radius 1 is 1.21 bits per heavy atom. The number of nitrogens with zero attached hydrogens (tertiary/aromatic N) is 3. The van der Waals surface area contributed by atoms with Crippen molar-refractivity contribution >= 4 is 0 Å². The zero-order valence-corrected chi connectivity index (χ0v) is 14.3. The summed E-state index contributed by atoms with van der Waals surface area (Å²) in [6, 6.07) is 6.05. The molecule has 126 valence electrons. The Balaban J connectivity index is 1.51. The van der Waals surface area contributed by atoms with Crippen molar-refractivity contribution in [3.05, 3.63) is 47.0 Å².